The first kappa shape index (κ1) is 23.3. The number of aryl methyl sites for hydroxylation is 2. The molecule has 4 rings (SSSR count). The third-order valence-corrected chi connectivity index (χ3v) is 7.25. The minimum absolute atomic E-state index is 0.0617. The van der Waals surface area contributed by atoms with Gasteiger partial charge >= 0.3 is 5.97 Å². The first-order valence-corrected chi connectivity index (χ1v) is 12.1. The predicted octanol–water partition coefficient (Wildman–Crippen LogP) is 2.81. The van der Waals surface area contributed by atoms with E-state index in [1.165, 1.54) is 5.69 Å². The van der Waals surface area contributed by atoms with Gasteiger partial charge in [-0.25, -0.2) is 0 Å². The lowest BCUT2D eigenvalue weighted by molar-refractivity contribution is -0.143. The van der Waals surface area contributed by atoms with Gasteiger partial charge in [-0.15, -0.1) is 0 Å². The Kier molecular flexibility index (Phi) is 7.02. The van der Waals surface area contributed by atoms with Crippen LogP contribution in [0.2, 0.25) is 0 Å². The van der Waals surface area contributed by atoms with E-state index in [9.17, 15) is 14.7 Å². The van der Waals surface area contributed by atoms with Crippen molar-refractivity contribution >= 4 is 28.6 Å². The van der Waals surface area contributed by atoms with Gasteiger partial charge in [-0.2, -0.15) is 0 Å². The Labute approximate surface area is 194 Å². The Morgan fingerprint density at radius 3 is 2.70 bits per heavy atom. The Morgan fingerprint density at radius 1 is 1.15 bits per heavy atom. The number of nitrogen functional groups attached to an aromatic ring is 1. The molecule has 8 nitrogen and oxygen atoms in total. The van der Waals surface area contributed by atoms with Crippen molar-refractivity contribution in [2.75, 3.05) is 19.6 Å². The average Bonchev–Trinajstić information content (AvgIpc) is 3.40. The van der Waals surface area contributed by atoms with Gasteiger partial charge in [-0.1, -0.05) is 12.1 Å². The number of carbonyl (C=O) groups is 2. The van der Waals surface area contributed by atoms with Gasteiger partial charge in [0.15, 0.2) is 0 Å². The van der Waals surface area contributed by atoms with Crippen molar-refractivity contribution in [3.05, 3.63) is 35.5 Å². The van der Waals surface area contributed by atoms with Crippen molar-refractivity contribution in [3.63, 3.8) is 0 Å². The zero-order valence-corrected chi connectivity index (χ0v) is 19.4. The van der Waals surface area contributed by atoms with Crippen LogP contribution in [0.1, 0.15) is 56.7 Å². The number of rotatable bonds is 8. The normalized spacial score (nSPS) is 21.5. The number of piperidine rings is 1. The SMILES string of the molecule is CCn1c(CCC2CCCCN2C(=O)C2CCCN2CC(=O)O)cc2ccc(C(=N)N)cc21. The highest BCUT2D eigenvalue weighted by Crippen LogP contribution is 2.28. The molecular weight excluding hydrogens is 418 g/mol. The van der Waals surface area contributed by atoms with Gasteiger partial charge < -0.3 is 20.3 Å². The largest absolute Gasteiger partial charge is 0.480 e. The van der Waals surface area contributed by atoms with E-state index in [0.29, 0.717) is 6.54 Å². The third kappa shape index (κ3) is 4.90. The standard InChI is InChI=1S/C25H35N5O3/c1-2-29-20(14-17-8-9-18(24(26)27)15-22(17)29)11-10-19-6-3-4-13-30(19)25(33)21-7-5-12-28(21)16-23(31)32/h8-9,14-15,19,21H,2-7,10-13,16H2,1H3,(H3,26,27)(H,31,32). The van der Waals surface area contributed by atoms with E-state index in [4.69, 9.17) is 11.1 Å². The van der Waals surface area contributed by atoms with Gasteiger partial charge in [0.2, 0.25) is 5.91 Å². The maximum atomic E-state index is 13.4. The molecule has 1 aromatic carbocycles. The summed E-state index contributed by atoms with van der Waals surface area (Å²) in [6, 6.07) is 8.00. The second-order valence-electron chi connectivity index (χ2n) is 9.31. The lowest BCUT2D eigenvalue weighted by Gasteiger charge is -2.39. The maximum Gasteiger partial charge on any atom is 0.317 e. The van der Waals surface area contributed by atoms with Crippen LogP contribution in [0, 0.1) is 5.41 Å². The monoisotopic (exact) mass is 453 g/mol. The average molecular weight is 454 g/mol. The molecule has 2 fully saturated rings. The smallest absolute Gasteiger partial charge is 0.317 e. The van der Waals surface area contributed by atoms with E-state index in [1.807, 2.05) is 28.0 Å². The molecule has 0 spiro atoms. The molecule has 33 heavy (non-hydrogen) atoms. The first-order chi connectivity index (χ1) is 15.9. The lowest BCUT2D eigenvalue weighted by atomic mass is 9.96. The number of nitrogens with two attached hydrogens (primary N) is 1. The molecular formula is C25H35N5O3. The van der Waals surface area contributed by atoms with Gasteiger partial charge in [-0.3, -0.25) is 19.9 Å². The molecule has 2 aliphatic heterocycles. The van der Waals surface area contributed by atoms with Crippen LogP contribution in [0.3, 0.4) is 0 Å². The highest BCUT2D eigenvalue weighted by Gasteiger charge is 2.37. The highest BCUT2D eigenvalue weighted by molar-refractivity contribution is 5.98. The zero-order chi connectivity index (χ0) is 23.5. The van der Waals surface area contributed by atoms with Crippen molar-refractivity contribution in [2.24, 2.45) is 5.73 Å². The number of benzene rings is 1. The molecule has 4 N–H and O–H groups in total. The number of amides is 1. The molecule has 3 heterocycles. The Morgan fingerprint density at radius 2 is 1.97 bits per heavy atom. The molecule has 0 saturated carbocycles. The van der Waals surface area contributed by atoms with Crippen LogP contribution in [0.4, 0.5) is 0 Å². The summed E-state index contributed by atoms with van der Waals surface area (Å²) in [5.41, 5.74) is 8.75. The molecule has 2 unspecified atom stereocenters. The van der Waals surface area contributed by atoms with Crippen LogP contribution >= 0.6 is 0 Å². The summed E-state index contributed by atoms with van der Waals surface area (Å²) in [5.74, 6) is -0.687. The number of amidine groups is 1. The molecule has 0 bridgehead atoms. The number of hydrogen-bond acceptors (Lipinski definition) is 4. The van der Waals surface area contributed by atoms with Crippen LogP contribution in [-0.2, 0) is 22.6 Å². The summed E-state index contributed by atoms with van der Waals surface area (Å²) < 4.78 is 2.28. The van der Waals surface area contributed by atoms with Crippen molar-refractivity contribution in [1.29, 1.82) is 5.41 Å². The van der Waals surface area contributed by atoms with Crippen LogP contribution in [0.15, 0.2) is 24.3 Å². The molecule has 0 aliphatic carbocycles. The number of likely N-dealkylation sites (tertiary alicyclic amines) is 2. The molecule has 1 amide bonds. The van der Waals surface area contributed by atoms with Crippen molar-refractivity contribution in [1.82, 2.24) is 14.4 Å². The van der Waals surface area contributed by atoms with E-state index >= 15 is 0 Å². The fraction of sp³-hybridized carbons (Fsp3) is 0.560. The van der Waals surface area contributed by atoms with Crippen LogP contribution in [0.5, 0.6) is 0 Å². The number of carboxylic acids is 1. The van der Waals surface area contributed by atoms with Gasteiger partial charge in [0.25, 0.3) is 0 Å². The summed E-state index contributed by atoms with van der Waals surface area (Å²) in [7, 11) is 0. The Bertz CT molecular complexity index is 1050. The number of fused-ring (bicyclic) bond motifs is 1. The summed E-state index contributed by atoms with van der Waals surface area (Å²) in [6.45, 7) is 4.34. The number of carbonyl (C=O) groups excluding carboxylic acids is 1. The predicted molar refractivity (Wildman–Crippen MR) is 129 cm³/mol. The van der Waals surface area contributed by atoms with Gasteiger partial charge in [-0.05, 0) is 75.9 Å². The molecule has 2 saturated heterocycles. The van der Waals surface area contributed by atoms with Gasteiger partial charge in [0, 0.05) is 35.9 Å². The summed E-state index contributed by atoms with van der Waals surface area (Å²) in [5, 5.41) is 18.1. The topological polar surface area (TPSA) is 116 Å². The minimum Gasteiger partial charge on any atom is -0.480 e. The van der Waals surface area contributed by atoms with E-state index < -0.39 is 5.97 Å². The second kappa shape index (κ2) is 9.95. The number of hydrogen-bond donors (Lipinski definition) is 3. The molecule has 8 heteroatoms. The van der Waals surface area contributed by atoms with Gasteiger partial charge in [0.1, 0.15) is 5.84 Å². The molecule has 1 aromatic heterocycles. The van der Waals surface area contributed by atoms with Crippen molar-refractivity contribution in [2.45, 2.75) is 70.5 Å². The number of aromatic nitrogens is 1. The summed E-state index contributed by atoms with van der Waals surface area (Å²) in [4.78, 5) is 28.5. The quantitative estimate of drug-likeness (QED) is 0.420. The molecule has 178 valence electrons. The Balaban J connectivity index is 1.49. The number of aliphatic carboxylic acids is 1. The number of nitrogens with one attached hydrogen (secondary N) is 1. The fourth-order valence-corrected chi connectivity index (χ4v) is 5.63. The lowest BCUT2D eigenvalue weighted by Crippen LogP contribution is -2.52. The summed E-state index contributed by atoms with van der Waals surface area (Å²) >= 11 is 0. The van der Waals surface area contributed by atoms with Crippen molar-refractivity contribution < 1.29 is 14.7 Å². The molecule has 2 aliphatic rings. The highest BCUT2D eigenvalue weighted by atomic mass is 16.4. The Hall–Kier alpha value is -2.87. The van der Waals surface area contributed by atoms with Crippen LogP contribution < -0.4 is 5.73 Å². The minimum atomic E-state index is -0.870. The van der Waals surface area contributed by atoms with Gasteiger partial charge in [0.05, 0.1) is 12.6 Å². The number of nitrogens with zero attached hydrogens (tertiary/aromatic N) is 3. The van der Waals surface area contributed by atoms with Crippen molar-refractivity contribution in [3.8, 4) is 0 Å². The van der Waals surface area contributed by atoms with E-state index in [2.05, 4.69) is 17.6 Å². The maximum absolute atomic E-state index is 13.4. The fourth-order valence-electron chi connectivity index (χ4n) is 5.63. The second-order valence-corrected chi connectivity index (χ2v) is 9.31. The molecule has 2 aromatic rings. The van der Waals surface area contributed by atoms with Crippen LogP contribution in [-0.4, -0.2) is 68.9 Å². The molecule has 0 radical (unpaired) electrons. The summed E-state index contributed by atoms with van der Waals surface area (Å²) in [6.07, 6.45) is 6.52. The van der Waals surface area contributed by atoms with E-state index in [-0.39, 0.29) is 30.4 Å². The molecule has 2 atom stereocenters. The third-order valence-electron chi connectivity index (χ3n) is 7.25. The zero-order valence-electron chi connectivity index (χ0n) is 19.4. The first-order valence-electron chi connectivity index (χ1n) is 12.1. The van der Waals surface area contributed by atoms with Crippen LogP contribution in [0.25, 0.3) is 10.9 Å². The van der Waals surface area contributed by atoms with E-state index in [0.717, 1.165) is 74.5 Å². The number of carboxylic acid groups (broad SMARTS) is 1. The van der Waals surface area contributed by atoms with E-state index in [1.54, 1.807) is 0 Å².